The van der Waals surface area contributed by atoms with Crippen molar-refractivity contribution in [2.75, 3.05) is 19.6 Å². The number of hydrogen-bond acceptors (Lipinski definition) is 4. The van der Waals surface area contributed by atoms with Gasteiger partial charge < -0.3 is 5.32 Å². The Bertz CT molecular complexity index is 393. The Hall–Kier alpha value is -1.95. The standard InChI is InChI=1S/C10H12N4O2/c15-9-7-14(5-4-12-9)13-10(16)8-2-1-3-11-6-8/h1-3,6H,4-5,7H2,(H,12,15)(H,13,16). The van der Waals surface area contributed by atoms with Gasteiger partial charge in [-0.25, -0.2) is 5.01 Å². The summed E-state index contributed by atoms with van der Waals surface area (Å²) in [5.41, 5.74) is 3.14. The van der Waals surface area contributed by atoms with Crippen molar-refractivity contribution in [3.63, 3.8) is 0 Å². The number of piperazine rings is 1. The highest BCUT2D eigenvalue weighted by molar-refractivity contribution is 5.93. The van der Waals surface area contributed by atoms with Gasteiger partial charge in [0.1, 0.15) is 0 Å². The molecule has 6 heteroatoms. The van der Waals surface area contributed by atoms with Crippen LogP contribution in [0.3, 0.4) is 0 Å². The normalized spacial score (nSPS) is 16.6. The van der Waals surface area contributed by atoms with Gasteiger partial charge in [0, 0.05) is 25.5 Å². The maximum absolute atomic E-state index is 11.7. The second-order valence-corrected chi connectivity index (χ2v) is 3.45. The number of rotatable bonds is 2. The molecule has 84 valence electrons. The first kappa shape index (κ1) is 10.6. The summed E-state index contributed by atoms with van der Waals surface area (Å²) >= 11 is 0. The molecule has 0 spiro atoms. The molecule has 0 aliphatic carbocycles. The molecule has 0 radical (unpaired) electrons. The van der Waals surface area contributed by atoms with Crippen LogP contribution in [0.2, 0.25) is 0 Å². The molecule has 1 aliphatic heterocycles. The van der Waals surface area contributed by atoms with Gasteiger partial charge in [-0.05, 0) is 12.1 Å². The van der Waals surface area contributed by atoms with Gasteiger partial charge in [0.2, 0.25) is 5.91 Å². The molecule has 1 aliphatic rings. The third-order valence-electron chi connectivity index (χ3n) is 2.22. The second-order valence-electron chi connectivity index (χ2n) is 3.45. The fraction of sp³-hybridized carbons (Fsp3) is 0.300. The molecule has 0 aromatic carbocycles. The van der Waals surface area contributed by atoms with Gasteiger partial charge in [-0.1, -0.05) is 0 Å². The number of carbonyl (C=O) groups is 2. The Balaban J connectivity index is 1.95. The number of amides is 2. The molecule has 1 fully saturated rings. The minimum absolute atomic E-state index is 0.0854. The van der Waals surface area contributed by atoms with Crippen molar-refractivity contribution < 1.29 is 9.59 Å². The van der Waals surface area contributed by atoms with Crippen molar-refractivity contribution in [1.29, 1.82) is 0 Å². The van der Waals surface area contributed by atoms with E-state index in [4.69, 9.17) is 0 Å². The van der Waals surface area contributed by atoms with Gasteiger partial charge in [0.25, 0.3) is 5.91 Å². The zero-order valence-electron chi connectivity index (χ0n) is 8.64. The van der Waals surface area contributed by atoms with Crippen LogP contribution in [-0.4, -0.2) is 41.4 Å². The van der Waals surface area contributed by atoms with Crippen LogP contribution in [0.4, 0.5) is 0 Å². The summed E-state index contributed by atoms with van der Waals surface area (Å²) in [6.45, 7) is 1.34. The van der Waals surface area contributed by atoms with Crippen molar-refractivity contribution in [3.05, 3.63) is 30.1 Å². The molecule has 2 heterocycles. The summed E-state index contributed by atoms with van der Waals surface area (Å²) < 4.78 is 0. The minimum Gasteiger partial charge on any atom is -0.354 e. The first-order valence-electron chi connectivity index (χ1n) is 4.98. The zero-order chi connectivity index (χ0) is 11.4. The van der Waals surface area contributed by atoms with Crippen molar-refractivity contribution in [3.8, 4) is 0 Å². The minimum atomic E-state index is -0.247. The van der Waals surface area contributed by atoms with Crippen LogP contribution < -0.4 is 10.7 Å². The Labute approximate surface area is 92.6 Å². The van der Waals surface area contributed by atoms with E-state index in [1.165, 1.54) is 6.20 Å². The number of pyridine rings is 1. The summed E-state index contributed by atoms with van der Waals surface area (Å²) in [6.07, 6.45) is 3.09. The van der Waals surface area contributed by atoms with Crippen LogP contribution in [0, 0.1) is 0 Å². The number of carbonyl (C=O) groups excluding carboxylic acids is 2. The number of nitrogens with zero attached hydrogens (tertiary/aromatic N) is 2. The van der Waals surface area contributed by atoms with Crippen LogP contribution in [0.15, 0.2) is 24.5 Å². The van der Waals surface area contributed by atoms with Gasteiger partial charge in [0.15, 0.2) is 0 Å². The molecule has 0 unspecified atom stereocenters. The molecular formula is C10H12N4O2. The van der Waals surface area contributed by atoms with Gasteiger partial charge in [0.05, 0.1) is 12.1 Å². The van der Waals surface area contributed by atoms with E-state index in [-0.39, 0.29) is 18.4 Å². The molecule has 2 rings (SSSR count). The lowest BCUT2D eigenvalue weighted by Gasteiger charge is -2.26. The molecular weight excluding hydrogens is 208 g/mol. The van der Waals surface area contributed by atoms with E-state index < -0.39 is 0 Å². The monoisotopic (exact) mass is 220 g/mol. The molecule has 6 nitrogen and oxygen atoms in total. The lowest BCUT2D eigenvalue weighted by Crippen LogP contribution is -2.54. The molecule has 1 aromatic rings. The van der Waals surface area contributed by atoms with E-state index in [9.17, 15) is 9.59 Å². The third-order valence-corrected chi connectivity index (χ3v) is 2.22. The average molecular weight is 220 g/mol. The quantitative estimate of drug-likeness (QED) is 0.681. The number of hydrogen-bond donors (Lipinski definition) is 2. The molecule has 0 bridgehead atoms. The smallest absolute Gasteiger partial charge is 0.267 e. The number of nitrogens with one attached hydrogen (secondary N) is 2. The lowest BCUT2D eigenvalue weighted by atomic mass is 10.3. The molecule has 16 heavy (non-hydrogen) atoms. The number of aromatic nitrogens is 1. The van der Waals surface area contributed by atoms with E-state index in [1.54, 1.807) is 23.3 Å². The first-order chi connectivity index (χ1) is 7.75. The van der Waals surface area contributed by atoms with Gasteiger partial charge in [-0.3, -0.25) is 20.0 Å². The van der Waals surface area contributed by atoms with E-state index >= 15 is 0 Å². The molecule has 0 saturated carbocycles. The summed E-state index contributed by atoms with van der Waals surface area (Å²) in [7, 11) is 0. The summed E-state index contributed by atoms with van der Waals surface area (Å²) in [5, 5.41) is 4.27. The summed E-state index contributed by atoms with van der Waals surface area (Å²) in [6, 6.07) is 3.37. The van der Waals surface area contributed by atoms with Crippen molar-refractivity contribution in [2.45, 2.75) is 0 Å². The van der Waals surface area contributed by atoms with Crippen LogP contribution in [0.25, 0.3) is 0 Å². The van der Waals surface area contributed by atoms with E-state index in [2.05, 4.69) is 15.7 Å². The highest BCUT2D eigenvalue weighted by Crippen LogP contribution is 1.97. The Morgan fingerprint density at radius 1 is 1.56 bits per heavy atom. The van der Waals surface area contributed by atoms with Crippen LogP contribution in [-0.2, 0) is 4.79 Å². The van der Waals surface area contributed by atoms with E-state index in [0.717, 1.165) is 0 Å². The van der Waals surface area contributed by atoms with Gasteiger partial charge in [-0.15, -0.1) is 0 Å². The van der Waals surface area contributed by atoms with Crippen molar-refractivity contribution in [1.82, 2.24) is 20.7 Å². The van der Waals surface area contributed by atoms with Gasteiger partial charge in [-0.2, -0.15) is 0 Å². The lowest BCUT2D eigenvalue weighted by molar-refractivity contribution is -0.124. The molecule has 1 saturated heterocycles. The molecule has 0 atom stereocenters. The highest BCUT2D eigenvalue weighted by atomic mass is 16.2. The maximum Gasteiger partial charge on any atom is 0.267 e. The largest absolute Gasteiger partial charge is 0.354 e. The second kappa shape index (κ2) is 4.71. The predicted octanol–water partition coefficient (Wildman–Crippen LogP) is -0.842. The Morgan fingerprint density at radius 2 is 2.44 bits per heavy atom. The average Bonchev–Trinajstić information content (AvgIpc) is 2.30. The fourth-order valence-electron chi connectivity index (χ4n) is 1.44. The predicted molar refractivity (Wildman–Crippen MR) is 56.3 cm³/mol. The Morgan fingerprint density at radius 3 is 3.12 bits per heavy atom. The van der Waals surface area contributed by atoms with Crippen LogP contribution >= 0.6 is 0 Å². The first-order valence-corrected chi connectivity index (χ1v) is 4.98. The summed E-state index contributed by atoms with van der Waals surface area (Å²) in [4.78, 5) is 26.6. The van der Waals surface area contributed by atoms with E-state index in [1.807, 2.05) is 0 Å². The zero-order valence-corrected chi connectivity index (χ0v) is 8.64. The van der Waals surface area contributed by atoms with Crippen LogP contribution in [0.5, 0.6) is 0 Å². The Kier molecular flexibility index (Phi) is 3.11. The maximum atomic E-state index is 11.7. The highest BCUT2D eigenvalue weighted by Gasteiger charge is 2.18. The van der Waals surface area contributed by atoms with Crippen LogP contribution in [0.1, 0.15) is 10.4 Å². The van der Waals surface area contributed by atoms with E-state index in [0.29, 0.717) is 18.7 Å². The molecule has 2 amide bonds. The third kappa shape index (κ3) is 2.54. The topological polar surface area (TPSA) is 74.3 Å². The van der Waals surface area contributed by atoms with Crippen molar-refractivity contribution in [2.24, 2.45) is 0 Å². The van der Waals surface area contributed by atoms with Crippen molar-refractivity contribution >= 4 is 11.8 Å². The van der Waals surface area contributed by atoms with Gasteiger partial charge >= 0.3 is 0 Å². The molecule has 2 N–H and O–H groups in total. The fourth-order valence-corrected chi connectivity index (χ4v) is 1.44. The summed E-state index contributed by atoms with van der Waals surface area (Å²) in [5.74, 6) is -0.333. The SMILES string of the molecule is O=C1CN(NC(=O)c2cccnc2)CCN1. The molecule has 1 aromatic heterocycles. The number of hydrazine groups is 1.